The van der Waals surface area contributed by atoms with Gasteiger partial charge in [-0.2, -0.15) is 0 Å². The summed E-state index contributed by atoms with van der Waals surface area (Å²) in [6.45, 7) is 1.78. The maximum absolute atomic E-state index is 12.4. The largest absolute Gasteiger partial charge is 0.345 e. The van der Waals surface area contributed by atoms with E-state index in [0.717, 1.165) is 28.4 Å². The summed E-state index contributed by atoms with van der Waals surface area (Å²) >= 11 is 3.40. The van der Waals surface area contributed by atoms with Crippen LogP contribution in [0.1, 0.15) is 28.9 Å². The Morgan fingerprint density at radius 1 is 1.24 bits per heavy atom. The zero-order chi connectivity index (χ0) is 18.8. The van der Waals surface area contributed by atoms with Crippen molar-refractivity contribution in [2.45, 2.75) is 17.9 Å². The zero-order valence-corrected chi connectivity index (χ0v) is 15.8. The van der Waals surface area contributed by atoms with Crippen molar-refractivity contribution in [2.24, 2.45) is 0 Å². The van der Waals surface area contributed by atoms with Crippen LogP contribution in [0.5, 0.6) is 0 Å². The van der Waals surface area contributed by atoms with Gasteiger partial charge in [0.25, 0.3) is 11.6 Å². The highest BCUT2D eigenvalue weighted by Crippen LogP contribution is 2.26. The summed E-state index contributed by atoms with van der Waals surface area (Å²) in [4.78, 5) is 22.3. The van der Waals surface area contributed by atoms with E-state index in [1.807, 2.05) is 24.3 Å². The summed E-state index contributed by atoms with van der Waals surface area (Å²) in [7, 11) is -3.77. The van der Waals surface area contributed by atoms with E-state index in [1.165, 1.54) is 6.07 Å². The first-order valence-electron chi connectivity index (χ1n) is 7.15. The number of rotatable bonds is 5. The number of carbonyl (C=O) groups excluding carboxylic acids is 1. The van der Waals surface area contributed by atoms with Gasteiger partial charge in [0.2, 0.25) is 0 Å². The fraction of sp³-hybridized carbons (Fsp3) is 0.188. The fourth-order valence-electron chi connectivity index (χ4n) is 2.30. The predicted octanol–water partition coefficient (Wildman–Crippen LogP) is 3.25. The van der Waals surface area contributed by atoms with Crippen molar-refractivity contribution >= 4 is 37.4 Å². The van der Waals surface area contributed by atoms with Crippen LogP contribution in [0.25, 0.3) is 0 Å². The third-order valence-corrected chi connectivity index (χ3v) is 5.40. The zero-order valence-electron chi connectivity index (χ0n) is 13.4. The second kappa shape index (κ2) is 7.32. The van der Waals surface area contributed by atoms with Crippen LogP contribution in [0, 0.1) is 10.1 Å². The lowest BCUT2D eigenvalue weighted by Crippen LogP contribution is -2.27. The molecule has 0 saturated heterocycles. The molecule has 0 aliphatic heterocycles. The van der Waals surface area contributed by atoms with Crippen molar-refractivity contribution in [1.29, 1.82) is 0 Å². The number of sulfone groups is 1. The van der Waals surface area contributed by atoms with Gasteiger partial charge in [-0.1, -0.05) is 34.1 Å². The Balaban J connectivity index is 2.33. The average molecular weight is 427 g/mol. The Labute approximate surface area is 153 Å². The van der Waals surface area contributed by atoms with Crippen molar-refractivity contribution in [1.82, 2.24) is 5.32 Å². The molecule has 25 heavy (non-hydrogen) atoms. The molecule has 2 aromatic rings. The van der Waals surface area contributed by atoms with Gasteiger partial charge >= 0.3 is 0 Å². The van der Waals surface area contributed by atoms with Crippen molar-refractivity contribution in [2.75, 3.05) is 6.26 Å². The lowest BCUT2D eigenvalue weighted by atomic mass is 10.1. The molecule has 0 aliphatic rings. The van der Waals surface area contributed by atoms with Crippen LogP contribution in [0.15, 0.2) is 51.8 Å². The molecule has 0 radical (unpaired) electrons. The number of amides is 1. The monoisotopic (exact) mass is 426 g/mol. The Morgan fingerprint density at radius 2 is 1.88 bits per heavy atom. The lowest BCUT2D eigenvalue weighted by molar-refractivity contribution is -0.387. The lowest BCUT2D eigenvalue weighted by Gasteiger charge is -2.16. The number of nitro benzene ring substituents is 1. The second-order valence-electron chi connectivity index (χ2n) is 5.43. The normalized spacial score (nSPS) is 12.4. The van der Waals surface area contributed by atoms with Gasteiger partial charge in [0.05, 0.1) is 11.0 Å². The highest BCUT2D eigenvalue weighted by molar-refractivity contribution is 9.10. The minimum absolute atomic E-state index is 0.0120. The summed E-state index contributed by atoms with van der Waals surface area (Å²) in [5.41, 5.74) is 0.236. The first kappa shape index (κ1) is 19.1. The van der Waals surface area contributed by atoms with E-state index >= 15 is 0 Å². The van der Waals surface area contributed by atoms with E-state index in [9.17, 15) is 23.3 Å². The van der Waals surface area contributed by atoms with Gasteiger partial charge in [-0.05, 0) is 30.7 Å². The summed E-state index contributed by atoms with van der Waals surface area (Å²) in [5.74, 6) is -0.536. The molecule has 0 aromatic heterocycles. The number of halogens is 1. The summed E-state index contributed by atoms with van der Waals surface area (Å²) in [5, 5.41) is 13.9. The van der Waals surface area contributed by atoms with Crippen LogP contribution in [0.2, 0.25) is 0 Å². The van der Waals surface area contributed by atoms with Crippen molar-refractivity contribution in [3.8, 4) is 0 Å². The molecule has 1 amide bonds. The summed E-state index contributed by atoms with van der Waals surface area (Å²) in [6, 6.07) is 10.3. The highest BCUT2D eigenvalue weighted by Gasteiger charge is 2.24. The molecule has 2 aromatic carbocycles. The quantitative estimate of drug-likeness (QED) is 0.583. The molecule has 0 heterocycles. The average Bonchev–Trinajstić information content (AvgIpc) is 2.53. The van der Waals surface area contributed by atoms with E-state index in [4.69, 9.17) is 0 Å². The van der Waals surface area contributed by atoms with Gasteiger partial charge in [0.1, 0.15) is 4.90 Å². The van der Waals surface area contributed by atoms with Crippen molar-refractivity contribution in [3.63, 3.8) is 0 Å². The van der Waals surface area contributed by atoms with Gasteiger partial charge in [0.15, 0.2) is 9.84 Å². The number of hydrogen-bond donors (Lipinski definition) is 1. The third-order valence-electron chi connectivity index (χ3n) is 3.54. The smallest absolute Gasteiger partial charge is 0.288 e. The standard InChI is InChI=1S/C16H15BrN2O5S/c1-10(12-5-3-4-6-13(12)17)18-16(20)11-7-8-15(25(2,23)24)14(9-11)19(21)22/h3-10H,1-2H3,(H,18,20). The third kappa shape index (κ3) is 4.43. The Hall–Kier alpha value is -2.26. The molecule has 7 nitrogen and oxygen atoms in total. The molecular weight excluding hydrogens is 412 g/mol. The minimum atomic E-state index is -3.77. The van der Waals surface area contributed by atoms with Gasteiger partial charge in [-0.25, -0.2) is 8.42 Å². The number of hydrogen-bond acceptors (Lipinski definition) is 5. The molecule has 2 rings (SSSR count). The van der Waals surface area contributed by atoms with Gasteiger partial charge in [-0.3, -0.25) is 14.9 Å². The van der Waals surface area contributed by atoms with Crippen LogP contribution >= 0.6 is 15.9 Å². The molecule has 132 valence electrons. The number of nitro groups is 1. The fourth-order valence-corrected chi connectivity index (χ4v) is 3.76. The highest BCUT2D eigenvalue weighted by atomic mass is 79.9. The van der Waals surface area contributed by atoms with Gasteiger partial charge in [-0.15, -0.1) is 0 Å². The van der Waals surface area contributed by atoms with Gasteiger partial charge < -0.3 is 5.32 Å². The molecule has 0 aliphatic carbocycles. The van der Waals surface area contributed by atoms with Crippen LogP contribution in [-0.2, 0) is 9.84 Å². The number of nitrogens with one attached hydrogen (secondary N) is 1. The summed E-state index contributed by atoms with van der Waals surface area (Å²) in [6.07, 6.45) is 0.879. The van der Waals surface area contributed by atoms with Crippen LogP contribution < -0.4 is 5.32 Å². The molecule has 0 saturated carbocycles. The predicted molar refractivity (Wildman–Crippen MR) is 96.2 cm³/mol. The topological polar surface area (TPSA) is 106 Å². The molecular formula is C16H15BrN2O5S. The molecule has 1 atom stereocenters. The molecule has 0 spiro atoms. The molecule has 0 bridgehead atoms. The van der Waals surface area contributed by atoms with E-state index in [1.54, 1.807) is 6.92 Å². The van der Waals surface area contributed by atoms with Crippen LogP contribution in [0.3, 0.4) is 0 Å². The van der Waals surface area contributed by atoms with Crippen LogP contribution in [0.4, 0.5) is 5.69 Å². The first-order chi connectivity index (χ1) is 11.6. The molecule has 9 heteroatoms. The molecule has 1 unspecified atom stereocenters. The Morgan fingerprint density at radius 3 is 2.44 bits per heavy atom. The van der Waals surface area contributed by atoms with E-state index < -0.39 is 31.3 Å². The molecule has 0 fully saturated rings. The number of benzene rings is 2. The van der Waals surface area contributed by atoms with E-state index in [0.29, 0.717) is 0 Å². The summed E-state index contributed by atoms with van der Waals surface area (Å²) < 4.78 is 24.1. The Bertz CT molecular complexity index is 943. The van der Waals surface area contributed by atoms with E-state index in [-0.39, 0.29) is 11.6 Å². The van der Waals surface area contributed by atoms with Crippen molar-refractivity contribution in [3.05, 3.63) is 68.2 Å². The van der Waals surface area contributed by atoms with Gasteiger partial charge in [0, 0.05) is 22.4 Å². The first-order valence-corrected chi connectivity index (χ1v) is 9.83. The SMILES string of the molecule is CC(NC(=O)c1ccc(S(C)(=O)=O)c([N+](=O)[O-])c1)c1ccccc1Br. The maximum Gasteiger partial charge on any atom is 0.288 e. The molecule has 1 N–H and O–H groups in total. The van der Waals surface area contributed by atoms with E-state index in [2.05, 4.69) is 21.2 Å². The maximum atomic E-state index is 12.4. The van der Waals surface area contributed by atoms with Crippen molar-refractivity contribution < 1.29 is 18.1 Å². The number of nitrogens with zero attached hydrogens (tertiary/aromatic N) is 1. The van der Waals surface area contributed by atoms with Crippen LogP contribution in [-0.4, -0.2) is 25.5 Å². The minimum Gasteiger partial charge on any atom is -0.345 e. The second-order valence-corrected chi connectivity index (χ2v) is 8.27. The Kier molecular flexibility index (Phi) is 5.58. The number of carbonyl (C=O) groups is 1.